The normalized spacial score (nSPS) is 14.0. The second-order valence-electron chi connectivity index (χ2n) is 3.68. The van der Waals surface area contributed by atoms with Crippen molar-refractivity contribution in [2.24, 2.45) is 0 Å². The zero-order valence-electron chi connectivity index (χ0n) is 9.82. The van der Waals surface area contributed by atoms with E-state index in [-0.39, 0.29) is 12.5 Å². The van der Waals surface area contributed by atoms with Gasteiger partial charge in [0, 0.05) is 6.54 Å². The standard InChI is InChI=1S/C12H14N2O3/c1-3-14-9-6-4-5-8(12(16)17-2)11(9)13-7-10(14)15/h4-6,13H,3,7H2,1-2H3. The molecule has 0 saturated heterocycles. The number of rotatable bonds is 2. The van der Waals surface area contributed by atoms with Crippen molar-refractivity contribution in [3.05, 3.63) is 23.8 Å². The minimum absolute atomic E-state index is 0.00187. The monoisotopic (exact) mass is 234 g/mol. The van der Waals surface area contributed by atoms with Gasteiger partial charge in [-0.15, -0.1) is 0 Å². The number of benzene rings is 1. The second kappa shape index (κ2) is 4.45. The van der Waals surface area contributed by atoms with E-state index in [0.29, 0.717) is 17.8 Å². The first-order valence-electron chi connectivity index (χ1n) is 5.44. The summed E-state index contributed by atoms with van der Waals surface area (Å²) in [4.78, 5) is 24.9. The molecule has 0 radical (unpaired) electrons. The molecular weight excluding hydrogens is 220 g/mol. The number of fused-ring (bicyclic) bond motifs is 1. The number of likely N-dealkylation sites (N-methyl/N-ethyl adjacent to an activating group) is 1. The summed E-state index contributed by atoms with van der Waals surface area (Å²) in [5.74, 6) is -0.401. The third-order valence-corrected chi connectivity index (χ3v) is 2.77. The van der Waals surface area contributed by atoms with Crippen LogP contribution in [0.4, 0.5) is 11.4 Å². The van der Waals surface area contributed by atoms with Gasteiger partial charge in [0.25, 0.3) is 0 Å². The number of ether oxygens (including phenoxy) is 1. The van der Waals surface area contributed by atoms with E-state index in [2.05, 4.69) is 5.32 Å². The van der Waals surface area contributed by atoms with Crippen LogP contribution in [0, 0.1) is 0 Å². The van der Waals surface area contributed by atoms with Gasteiger partial charge in [-0.3, -0.25) is 4.79 Å². The van der Waals surface area contributed by atoms with E-state index in [1.54, 1.807) is 17.0 Å². The van der Waals surface area contributed by atoms with Gasteiger partial charge in [-0.25, -0.2) is 4.79 Å². The third kappa shape index (κ3) is 1.84. The predicted molar refractivity (Wildman–Crippen MR) is 64.3 cm³/mol. The fourth-order valence-electron chi connectivity index (χ4n) is 1.97. The molecule has 0 fully saturated rings. The van der Waals surface area contributed by atoms with Crippen molar-refractivity contribution < 1.29 is 14.3 Å². The number of methoxy groups -OCH3 is 1. The summed E-state index contributed by atoms with van der Waals surface area (Å²) < 4.78 is 4.72. The molecule has 0 aliphatic carbocycles. The van der Waals surface area contributed by atoms with Crippen molar-refractivity contribution in [2.75, 3.05) is 30.4 Å². The van der Waals surface area contributed by atoms with Crippen LogP contribution >= 0.6 is 0 Å². The van der Waals surface area contributed by atoms with Gasteiger partial charge < -0.3 is 15.0 Å². The van der Waals surface area contributed by atoms with Gasteiger partial charge >= 0.3 is 5.97 Å². The van der Waals surface area contributed by atoms with Crippen molar-refractivity contribution in [1.82, 2.24) is 0 Å². The SMILES string of the molecule is CCN1C(=O)CNc2c(C(=O)OC)cccc21. The lowest BCUT2D eigenvalue weighted by atomic mass is 10.1. The number of nitrogens with one attached hydrogen (secondary N) is 1. The van der Waals surface area contributed by atoms with Crippen LogP contribution in [-0.4, -0.2) is 32.1 Å². The third-order valence-electron chi connectivity index (χ3n) is 2.77. The Labute approximate surface area is 99.4 Å². The van der Waals surface area contributed by atoms with E-state index in [4.69, 9.17) is 4.74 Å². The number of hydrogen-bond donors (Lipinski definition) is 1. The van der Waals surface area contributed by atoms with Crippen LogP contribution in [-0.2, 0) is 9.53 Å². The molecule has 1 heterocycles. The summed E-state index contributed by atoms with van der Waals surface area (Å²) in [5.41, 5.74) is 1.85. The van der Waals surface area contributed by atoms with E-state index in [9.17, 15) is 9.59 Å². The summed E-state index contributed by atoms with van der Waals surface area (Å²) in [5, 5.41) is 2.97. The Morgan fingerprint density at radius 1 is 1.53 bits per heavy atom. The Hall–Kier alpha value is -2.04. The van der Waals surface area contributed by atoms with Gasteiger partial charge in [0.05, 0.1) is 30.6 Å². The zero-order chi connectivity index (χ0) is 12.4. The molecule has 1 aliphatic rings. The van der Waals surface area contributed by atoms with Crippen molar-refractivity contribution in [3.63, 3.8) is 0 Å². The van der Waals surface area contributed by atoms with Crippen molar-refractivity contribution in [1.29, 1.82) is 0 Å². The summed E-state index contributed by atoms with van der Waals surface area (Å²) in [7, 11) is 1.34. The maximum absolute atomic E-state index is 11.7. The largest absolute Gasteiger partial charge is 0.465 e. The number of carbonyl (C=O) groups excluding carboxylic acids is 2. The topological polar surface area (TPSA) is 58.6 Å². The fraction of sp³-hybridized carbons (Fsp3) is 0.333. The number of nitrogens with zero attached hydrogens (tertiary/aromatic N) is 1. The summed E-state index contributed by atoms with van der Waals surface area (Å²) in [6.45, 7) is 2.69. The van der Waals surface area contributed by atoms with Crippen LogP contribution in [0.15, 0.2) is 18.2 Å². The number of para-hydroxylation sites is 1. The Kier molecular flexibility index (Phi) is 2.99. The highest BCUT2D eigenvalue weighted by atomic mass is 16.5. The van der Waals surface area contributed by atoms with Gasteiger partial charge in [-0.2, -0.15) is 0 Å². The molecule has 2 rings (SSSR count). The maximum atomic E-state index is 11.7. The molecule has 0 unspecified atom stereocenters. The number of amides is 1. The van der Waals surface area contributed by atoms with Gasteiger partial charge in [0.1, 0.15) is 0 Å². The minimum atomic E-state index is -0.403. The van der Waals surface area contributed by atoms with Crippen LogP contribution in [0.2, 0.25) is 0 Å². The summed E-state index contributed by atoms with van der Waals surface area (Å²) in [6, 6.07) is 5.24. The summed E-state index contributed by atoms with van der Waals surface area (Å²) in [6.07, 6.45) is 0. The molecule has 17 heavy (non-hydrogen) atoms. The van der Waals surface area contributed by atoms with Crippen LogP contribution in [0.3, 0.4) is 0 Å². The molecule has 0 saturated carbocycles. The summed E-state index contributed by atoms with van der Waals surface area (Å²) >= 11 is 0. The van der Waals surface area contributed by atoms with Crippen molar-refractivity contribution >= 4 is 23.3 Å². The van der Waals surface area contributed by atoms with E-state index in [1.807, 2.05) is 13.0 Å². The molecule has 90 valence electrons. The van der Waals surface area contributed by atoms with Crippen LogP contribution in [0.5, 0.6) is 0 Å². The molecule has 1 aromatic carbocycles. The van der Waals surface area contributed by atoms with Crippen LogP contribution in [0.25, 0.3) is 0 Å². The van der Waals surface area contributed by atoms with E-state index in [1.165, 1.54) is 7.11 Å². The predicted octanol–water partition coefficient (Wildman–Crippen LogP) is 1.25. The highest BCUT2D eigenvalue weighted by Crippen LogP contribution is 2.32. The Morgan fingerprint density at radius 2 is 2.29 bits per heavy atom. The molecule has 1 aromatic rings. The molecule has 0 spiro atoms. The Morgan fingerprint density at radius 3 is 2.94 bits per heavy atom. The first kappa shape index (κ1) is 11.4. The number of esters is 1. The number of hydrogen-bond acceptors (Lipinski definition) is 4. The van der Waals surface area contributed by atoms with E-state index in [0.717, 1.165) is 5.69 Å². The van der Waals surface area contributed by atoms with E-state index >= 15 is 0 Å². The van der Waals surface area contributed by atoms with Crippen molar-refractivity contribution in [2.45, 2.75) is 6.92 Å². The lowest BCUT2D eigenvalue weighted by molar-refractivity contribution is -0.117. The quantitative estimate of drug-likeness (QED) is 0.782. The molecule has 0 atom stereocenters. The zero-order valence-corrected chi connectivity index (χ0v) is 9.82. The van der Waals surface area contributed by atoms with Gasteiger partial charge in [0.15, 0.2) is 0 Å². The average molecular weight is 234 g/mol. The second-order valence-corrected chi connectivity index (χ2v) is 3.68. The molecule has 0 bridgehead atoms. The highest BCUT2D eigenvalue weighted by molar-refractivity contribution is 6.08. The molecular formula is C12H14N2O3. The van der Waals surface area contributed by atoms with Crippen molar-refractivity contribution in [3.8, 4) is 0 Å². The molecule has 1 amide bonds. The molecule has 0 aromatic heterocycles. The maximum Gasteiger partial charge on any atom is 0.340 e. The lowest BCUT2D eigenvalue weighted by Crippen LogP contribution is -2.40. The molecule has 1 N–H and O–H groups in total. The molecule has 5 nitrogen and oxygen atoms in total. The van der Waals surface area contributed by atoms with Gasteiger partial charge in [-0.05, 0) is 19.1 Å². The Bertz CT molecular complexity index is 471. The van der Waals surface area contributed by atoms with Crippen LogP contribution in [0.1, 0.15) is 17.3 Å². The molecule has 5 heteroatoms. The van der Waals surface area contributed by atoms with Gasteiger partial charge in [-0.1, -0.05) is 6.07 Å². The van der Waals surface area contributed by atoms with Crippen LogP contribution < -0.4 is 10.2 Å². The average Bonchev–Trinajstić information content (AvgIpc) is 2.37. The fourth-order valence-corrected chi connectivity index (χ4v) is 1.97. The van der Waals surface area contributed by atoms with Gasteiger partial charge in [0.2, 0.25) is 5.91 Å². The Balaban J connectivity index is 2.52. The number of carbonyl (C=O) groups is 2. The minimum Gasteiger partial charge on any atom is -0.465 e. The molecule has 1 aliphatic heterocycles. The lowest BCUT2D eigenvalue weighted by Gasteiger charge is -2.30. The number of anilines is 2. The van der Waals surface area contributed by atoms with E-state index < -0.39 is 5.97 Å². The first-order valence-corrected chi connectivity index (χ1v) is 5.44. The smallest absolute Gasteiger partial charge is 0.340 e. The highest BCUT2D eigenvalue weighted by Gasteiger charge is 2.26. The first-order chi connectivity index (χ1) is 8.19.